The van der Waals surface area contributed by atoms with Crippen LogP contribution in [0.2, 0.25) is 0 Å². The molecule has 0 spiro atoms. The first-order valence-electron chi connectivity index (χ1n) is 8.27. The second-order valence-electron chi connectivity index (χ2n) is 6.47. The molecule has 1 aromatic rings. The minimum absolute atomic E-state index is 0.277. The molecule has 0 amide bonds. The van der Waals surface area contributed by atoms with Gasteiger partial charge in [-0.3, -0.25) is 9.80 Å². The van der Waals surface area contributed by atoms with Crippen LogP contribution in [0.15, 0.2) is 24.3 Å². The van der Waals surface area contributed by atoms with Crippen molar-refractivity contribution in [3.8, 4) is 0 Å². The molecule has 0 aromatic heterocycles. The lowest BCUT2D eigenvalue weighted by molar-refractivity contribution is -0.0317. The van der Waals surface area contributed by atoms with Crippen LogP contribution >= 0.6 is 0 Å². The van der Waals surface area contributed by atoms with Crippen molar-refractivity contribution in [1.29, 1.82) is 0 Å². The molecule has 0 saturated carbocycles. The number of ether oxygens (including phenoxy) is 1. The fourth-order valence-electron chi connectivity index (χ4n) is 3.83. The van der Waals surface area contributed by atoms with Gasteiger partial charge in [0.25, 0.3) is 0 Å². The Morgan fingerprint density at radius 3 is 2.81 bits per heavy atom. The van der Waals surface area contributed by atoms with Crippen molar-refractivity contribution >= 4 is 0 Å². The largest absolute Gasteiger partial charge is 0.372 e. The molecule has 3 aliphatic heterocycles. The summed E-state index contributed by atoms with van der Waals surface area (Å²) in [5, 5.41) is 3.43. The number of nitrogens with zero attached hydrogens (tertiary/aromatic N) is 2. The van der Waals surface area contributed by atoms with Gasteiger partial charge in [0.2, 0.25) is 0 Å². The number of hydrogen-bond acceptors (Lipinski definition) is 4. The van der Waals surface area contributed by atoms with Gasteiger partial charge in [-0.1, -0.05) is 24.3 Å². The van der Waals surface area contributed by atoms with Gasteiger partial charge < -0.3 is 10.1 Å². The first-order valence-corrected chi connectivity index (χ1v) is 8.27. The van der Waals surface area contributed by atoms with Crippen molar-refractivity contribution in [2.24, 2.45) is 0 Å². The molecule has 1 unspecified atom stereocenters. The van der Waals surface area contributed by atoms with Gasteiger partial charge >= 0.3 is 0 Å². The Bertz CT molecular complexity index is 481. The predicted octanol–water partition coefficient (Wildman–Crippen LogP) is 0.890. The van der Waals surface area contributed by atoms with Crippen molar-refractivity contribution in [1.82, 2.24) is 15.1 Å². The van der Waals surface area contributed by atoms with Crippen LogP contribution in [0.3, 0.4) is 0 Å². The van der Waals surface area contributed by atoms with Crippen molar-refractivity contribution < 1.29 is 4.74 Å². The molecule has 2 saturated heterocycles. The molecule has 21 heavy (non-hydrogen) atoms. The first kappa shape index (κ1) is 13.7. The number of likely N-dealkylation sites (tertiary alicyclic amines) is 1. The van der Waals surface area contributed by atoms with Gasteiger partial charge in [0, 0.05) is 51.9 Å². The molecule has 4 rings (SSSR count). The zero-order valence-corrected chi connectivity index (χ0v) is 12.6. The molecule has 1 atom stereocenters. The summed E-state index contributed by atoms with van der Waals surface area (Å²) in [7, 11) is 0. The standard InChI is InChI=1S/C17H25N3O/c1-2-4-16-14(3-1)5-10-21-17(16)13-19-11-15(12-19)20-8-6-18-7-9-20/h1-4,15,17-18H,5-13H2. The van der Waals surface area contributed by atoms with Gasteiger partial charge in [0.1, 0.15) is 0 Å². The highest BCUT2D eigenvalue weighted by atomic mass is 16.5. The van der Waals surface area contributed by atoms with E-state index in [1.54, 1.807) is 0 Å². The van der Waals surface area contributed by atoms with Gasteiger partial charge in [-0.05, 0) is 17.5 Å². The molecule has 114 valence electrons. The third-order valence-corrected chi connectivity index (χ3v) is 5.12. The first-order chi connectivity index (χ1) is 10.4. The quantitative estimate of drug-likeness (QED) is 0.893. The van der Waals surface area contributed by atoms with Crippen molar-refractivity contribution in [2.45, 2.75) is 18.6 Å². The predicted molar refractivity (Wildman–Crippen MR) is 83.5 cm³/mol. The summed E-state index contributed by atoms with van der Waals surface area (Å²) in [6.07, 6.45) is 1.34. The molecule has 4 heteroatoms. The lowest BCUT2D eigenvalue weighted by atomic mass is 9.96. The van der Waals surface area contributed by atoms with Crippen LogP contribution < -0.4 is 5.32 Å². The third kappa shape index (κ3) is 2.86. The van der Waals surface area contributed by atoms with E-state index in [4.69, 9.17) is 4.74 Å². The van der Waals surface area contributed by atoms with E-state index in [-0.39, 0.29) is 6.10 Å². The van der Waals surface area contributed by atoms with Crippen LogP contribution in [0.25, 0.3) is 0 Å². The second-order valence-corrected chi connectivity index (χ2v) is 6.47. The lowest BCUT2D eigenvalue weighted by Gasteiger charge is -2.48. The van der Waals surface area contributed by atoms with Crippen molar-refractivity contribution in [3.05, 3.63) is 35.4 Å². The highest BCUT2D eigenvalue weighted by Crippen LogP contribution is 2.29. The molecular formula is C17H25N3O. The normalized spacial score (nSPS) is 28.1. The number of benzene rings is 1. The zero-order valence-electron chi connectivity index (χ0n) is 12.6. The second kappa shape index (κ2) is 6.05. The van der Waals surface area contributed by atoms with Crippen LogP contribution in [0.4, 0.5) is 0 Å². The summed E-state index contributed by atoms with van der Waals surface area (Å²) in [5.41, 5.74) is 2.89. The van der Waals surface area contributed by atoms with Crippen LogP contribution in [0.5, 0.6) is 0 Å². The number of nitrogens with one attached hydrogen (secondary N) is 1. The lowest BCUT2D eigenvalue weighted by Crippen LogP contribution is -2.63. The van der Waals surface area contributed by atoms with Crippen LogP contribution in [0.1, 0.15) is 17.2 Å². The summed E-state index contributed by atoms with van der Waals surface area (Å²) in [4.78, 5) is 5.20. The molecule has 0 aliphatic carbocycles. The van der Waals surface area contributed by atoms with Gasteiger partial charge in [-0.15, -0.1) is 0 Å². The highest BCUT2D eigenvalue weighted by Gasteiger charge is 2.34. The van der Waals surface area contributed by atoms with E-state index in [9.17, 15) is 0 Å². The number of hydrogen-bond donors (Lipinski definition) is 1. The summed E-state index contributed by atoms with van der Waals surface area (Å²) in [6.45, 7) is 9.06. The summed E-state index contributed by atoms with van der Waals surface area (Å²) in [5.74, 6) is 0. The molecule has 0 radical (unpaired) electrons. The number of fused-ring (bicyclic) bond motifs is 1. The maximum Gasteiger partial charge on any atom is 0.0954 e. The minimum atomic E-state index is 0.277. The molecule has 3 aliphatic rings. The Hall–Kier alpha value is -0.940. The van der Waals surface area contributed by atoms with Crippen molar-refractivity contribution in [2.75, 3.05) is 52.4 Å². The van der Waals surface area contributed by atoms with Crippen LogP contribution in [-0.4, -0.2) is 68.3 Å². The molecule has 2 fully saturated rings. The monoisotopic (exact) mass is 287 g/mol. The van der Waals surface area contributed by atoms with E-state index in [0.717, 1.165) is 38.7 Å². The SMILES string of the molecule is c1ccc2c(c1)CCOC2CN1CC(N2CCNCC2)C1. The number of piperazine rings is 1. The fourth-order valence-corrected chi connectivity index (χ4v) is 3.83. The van der Waals surface area contributed by atoms with Gasteiger partial charge in [0.05, 0.1) is 12.7 Å². The van der Waals surface area contributed by atoms with E-state index in [0.29, 0.717) is 0 Å². The molecule has 1 aromatic carbocycles. The third-order valence-electron chi connectivity index (χ3n) is 5.12. The molecule has 0 bridgehead atoms. The van der Waals surface area contributed by atoms with Gasteiger partial charge in [-0.2, -0.15) is 0 Å². The molecule has 4 nitrogen and oxygen atoms in total. The smallest absolute Gasteiger partial charge is 0.0954 e. The van der Waals surface area contributed by atoms with E-state index < -0.39 is 0 Å². The topological polar surface area (TPSA) is 27.7 Å². The van der Waals surface area contributed by atoms with E-state index >= 15 is 0 Å². The van der Waals surface area contributed by atoms with E-state index in [2.05, 4.69) is 39.4 Å². The zero-order chi connectivity index (χ0) is 14.1. The number of rotatable bonds is 3. The van der Waals surface area contributed by atoms with E-state index in [1.165, 1.54) is 37.3 Å². The van der Waals surface area contributed by atoms with Gasteiger partial charge in [0.15, 0.2) is 0 Å². The Kier molecular flexibility index (Phi) is 3.95. The Morgan fingerprint density at radius 1 is 1.14 bits per heavy atom. The Balaban J connectivity index is 1.32. The fraction of sp³-hybridized carbons (Fsp3) is 0.647. The maximum atomic E-state index is 6.03. The molecule has 1 N–H and O–H groups in total. The minimum Gasteiger partial charge on any atom is -0.372 e. The van der Waals surface area contributed by atoms with Crippen molar-refractivity contribution in [3.63, 3.8) is 0 Å². The molecular weight excluding hydrogens is 262 g/mol. The van der Waals surface area contributed by atoms with Crippen LogP contribution in [-0.2, 0) is 11.2 Å². The maximum absolute atomic E-state index is 6.03. The highest BCUT2D eigenvalue weighted by molar-refractivity contribution is 5.31. The average molecular weight is 287 g/mol. The van der Waals surface area contributed by atoms with Crippen LogP contribution in [0, 0.1) is 0 Å². The average Bonchev–Trinajstić information content (AvgIpc) is 2.51. The van der Waals surface area contributed by atoms with E-state index in [1.807, 2.05) is 0 Å². The summed E-state index contributed by atoms with van der Waals surface area (Å²) < 4.78 is 6.03. The summed E-state index contributed by atoms with van der Waals surface area (Å²) in [6, 6.07) is 9.55. The molecule has 3 heterocycles. The summed E-state index contributed by atoms with van der Waals surface area (Å²) >= 11 is 0. The van der Waals surface area contributed by atoms with Gasteiger partial charge in [-0.25, -0.2) is 0 Å². The Morgan fingerprint density at radius 2 is 1.95 bits per heavy atom. The Labute approximate surface area is 127 Å².